The van der Waals surface area contributed by atoms with Gasteiger partial charge in [0.2, 0.25) is 5.89 Å². The van der Waals surface area contributed by atoms with E-state index >= 15 is 0 Å². The SMILES string of the molecule is Cc1nc([C@@H](C)N(C)Cc2nc3ccccc3c(=O)[nH]2)oc1-c1ccc(Cl)cc1. The van der Waals surface area contributed by atoms with Gasteiger partial charge in [-0.1, -0.05) is 23.7 Å². The first kappa shape index (κ1) is 19.4. The quantitative estimate of drug-likeness (QED) is 0.516. The number of hydrogen-bond acceptors (Lipinski definition) is 5. The molecule has 0 aliphatic rings. The molecule has 0 spiro atoms. The highest BCUT2D eigenvalue weighted by Crippen LogP contribution is 2.29. The maximum Gasteiger partial charge on any atom is 0.258 e. The molecule has 29 heavy (non-hydrogen) atoms. The van der Waals surface area contributed by atoms with E-state index in [1.807, 2.05) is 68.3 Å². The first-order valence-corrected chi connectivity index (χ1v) is 9.71. The number of para-hydroxylation sites is 1. The molecule has 0 unspecified atom stereocenters. The molecule has 0 radical (unpaired) electrons. The molecule has 7 heteroatoms. The number of fused-ring (bicyclic) bond motifs is 1. The standard InChI is InChI=1S/C22H21ClN4O2/c1-13-20(15-8-10-16(23)11-9-15)29-22(24-13)14(2)27(3)12-19-25-18-7-5-4-6-17(18)21(28)26-19/h4-11,14H,12H2,1-3H3,(H,25,26,28)/t14-/m1/s1. The zero-order chi connectivity index (χ0) is 20.5. The van der Waals surface area contributed by atoms with Crippen LogP contribution >= 0.6 is 11.6 Å². The van der Waals surface area contributed by atoms with Gasteiger partial charge in [-0.3, -0.25) is 9.69 Å². The van der Waals surface area contributed by atoms with Gasteiger partial charge in [0.15, 0.2) is 5.76 Å². The summed E-state index contributed by atoms with van der Waals surface area (Å²) >= 11 is 5.98. The van der Waals surface area contributed by atoms with Gasteiger partial charge in [0.05, 0.1) is 29.2 Å². The summed E-state index contributed by atoms with van der Waals surface area (Å²) in [6.45, 7) is 4.39. The molecule has 0 saturated carbocycles. The van der Waals surface area contributed by atoms with Gasteiger partial charge in [-0.25, -0.2) is 9.97 Å². The third-order valence-electron chi connectivity index (χ3n) is 5.00. The highest BCUT2D eigenvalue weighted by molar-refractivity contribution is 6.30. The molecule has 2 aromatic carbocycles. The summed E-state index contributed by atoms with van der Waals surface area (Å²) in [4.78, 5) is 26.4. The highest BCUT2D eigenvalue weighted by atomic mass is 35.5. The molecule has 0 saturated heterocycles. The topological polar surface area (TPSA) is 75.0 Å². The molecule has 4 rings (SSSR count). The van der Waals surface area contributed by atoms with E-state index in [1.54, 1.807) is 6.07 Å². The van der Waals surface area contributed by atoms with Crippen molar-refractivity contribution in [2.24, 2.45) is 0 Å². The summed E-state index contributed by atoms with van der Waals surface area (Å²) in [5.41, 5.74) is 2.30. The Morgan fingerprint density at radius 1 is 1.14 bits per heavy atom. The second kappa shape index (κ2) is 7.81. The fraction of sp³-hybridized carbons (Fsp3) is 0.227. The summed E-state index contributed by atoms with van der Waals surface area (Å²) in [5.74, 6) is 1.94. The Morgan fingerprint density at radius 2 is 1.86 bits per heavy atom. The van der Waals surface area contributed by atoms with Crippen LogP contribution in [0.2, 0.25) is 5.02 Å². The fourth-order valence-corrected chi connectivity index (χ4v) is 3.36. The largest absolute Gasteiger partial charge is 0.439 e. The van der Waals surface area contributed by atoms with Gasteiger partial charge in [0.1, 0.15) is 5.82 Å². The lowest BCUT2D eigenvalue weighted by molar-refractivity contribution is 0.213. The van der Waals surface area contributed by atoms with Crippen molar-refractivity contribution in [2.45, 2.75) is 26.4 Å². The van der Waals surface area contributed by atoms with E-state index in [-0.39, 0.29) is 11.6 Å². The minimum Gasteiger partial charge on any atom is -0.439 e. The van der Waals surface area contributed by atoms with Gasteiger partial charge in [0.25, 0.3) is 5.56 Å². The summed E-state index contributed by atoms with van der Waals surface area (Å²) in [7, 11) is 1.95. The molecule has 4 aromatic rings. The van der Waals surface area contributed by atoms with Crippen LogP contribution in [0.4, 0.5) is 0 Å². The maximum absolute atomic E-state index is 12.3. The van der Waals surface area contributed by atoms with Gasteiger partial charge in [-0.05, 0) is 57.3 Å². The summed E-state index contributed by atoms with van der Waals surface area (Å²) < 4.78 is 6.07. The van der Waals surface area contributed by atoms with E-state index in [1.165, 1.54) is 0 Å². The van der Waals surface area contributed by atoms with Crippen LogP contribution in [0.15, 0.2) is 57.7 Å². The number of aromatic amines is 1. The van der Waals surface area contributed by atoms with E-state index in [4.69, 9.17) is 16.0 Å². The van der Waals surface area contributed by atoms with Crippen molar-refractivity contribution in [1.82, 2.24) is 19.9 Å². The van der Waals surface area contributed by atoms with Gasteiger partial charge in [-0.2, -0.15) is 0 Å². The Labute approximate surface area is 173 Å². The maximum atomic E-state index is 12.3. The van der Waals surface area contributed by atoms with Crippen LogP contribution in [0.3, 0.4) is 0 Å². The lowest BCUT2D eigenvalue weighted by atomic mass is 10.1. The van der Waals surface area contributed by atoms with Crippen LogP contribution in [-0.4, -0.2) is 26.9 Å². The molecular weight excluding hydrogens is 388 g/mol. The number of nitrogens with zero attached hydrogens (tertiary/aromatic N) is 3. The van der Waals surface area contributed by atoms with E-state index in [9.17, 15) is 4.79 Å². The van der Waals surface area contributed by atoms with Crippen molar-refractivity contribution in [1.29, 1.82) is 0 Å². The molecule has 148 valence electrons. The van der Waals surface area contributed by atoms with E-state index in [0.29, 0.717) is 34.2 Å². The second-order valence-corrected chi connectivity index (χ2v) is 7.53. The zero-order valence-corrected chi connectivity index (χ0v) is 17.2. The van der Waals surface area contributed by atoms with E-state index < -0.39 is 0 Å². The average molecular weight is 409 g/mol. The number of rotatable bonds is 5. The number of aromatic nitrogens is 3. The van der Waals surface area contributed by atoms with Crippen LogP contribution in [0.5, 0.6) is 0 Å². The number of aryl methyl sites for hydroxylation is 1. The minimum atomic E-state index is -0.136. The van der Waals surface area contributed by atoms with Crippen LogP contribution < -0.4 is 5.56 Å². The summed E-state index contributed by atoms with van der Waals surface area (Å²) in [5, 5.41) is 1.26. The van der Waals surface area contributed by atoms with Crippen LogP contribution in [0, 0.1) is 6.92 Å². The molecule has 1 atom stereocenters. The molecule has 0 aliphatic heterocycles. The van der Waals surface area contributed by atoms with E-state index in [0.717, 1.165) is 17.0 Å². The molecular formula is C22H21ClN4O2. The van der Waals surface area contributed by atoms with Crippen molar-refractivity contribution in [3.63, 3.8) is 0 Å². The Hall–Kier alpha value is -2.96. The average Bonchev–Trinajstić information content (AvgIpc) is 3.09. The van der Waals surface area contributed by atoms with Crippen molar-refractivity contribution in [3.05, 3.63) is 81.3 Å². The van der Waals surface area contributed by atoms with Gasteiger partial charge in [-0.15, -0.1) is 0 Å². The molecule has 0 aliphatic carbocycles. The van der Waals surface area contributed by atoms with Crippen LogP contribution in [-0.2, 0) is 6.54 Å². The molecule has 2 aromatic heterocycles. The number of nitrogens with one attached hydrogen (secondary N) is 1. The predicted molar refractivity (Wildman–Crippen MR) is 114 cm³/mol. The van der Waals surface area contributed by atoms with E-state index in [2.05, 4.69) is 15.0 Å². The Balaban J connectivity index is 1.57. The number of oxazole rings is 1. The zero-order valence-electron chi connectivity index (χ0n) is 16.4. The lowest BCUT2D eigenvalue weighted by Crippen LogP contribution is -2.25. The number of halogens is 1. The number of hydrogen-bond donors (Lipinski definition) is 1. The third kappa shape index (κ3) is 3.95. The molecule has 0 bridgehead atoms. The monoisotopic (exact) mass is 408 g/mol. The molecule has 2 heterocycles. The summed E-state index contributed by atoms with van der Waals surface area (Å²) in [6, 6.07) is 14.7. The first-order valence-electron chi connectivity index (χ1n) is 9.34. The van der Waals surface area contributed by atoms with Crippen molar-refractivity contribution in [3.8, 4) is 11.3 Å². The van der Waals surface area contributed by atoms with Crippen LogP contribution in [0.25, 0.3) is 22.2 Å². The molecule has 1 N–H and O–H groups in total. The van der Waals surface area contributed by atoms with Crippen molar-refractivity contribution >= 4 is 22.5 Å². The minimum absolute atomic E-state index is 0.105. The van der Waals surface area contributed by atoms with Gasteiger partial charge < -0.3 is 9.40 Å². The van der Waals surface area contributed by atoms with Gasteiger partial charge in [0, 0.05) is 10.6 Å². The Morgan fingerprint density at radius 3 is 2.62 bits per heavy atom. The molecule has 0 fully saturated rings. The number of benzene rings is 2. The second-order valence-electron chi connectivity index (χ2n) is 7.09. The smallest absolute Gasteiger partial charge is 0.258 e. The Bertz CT molecular complexity index is 1210. The normalized spacial score (nSPS) is 12.6. The molecule has 0 amide bonds. The lowest BCUT2D eigenvalue weighted by Gasteiger charge is -2.21. The fourth-order valence-electron chi connectivity index (χ4n) is 3.24. The predicted octanol–water partition coefficient (Wildman–Crippen LogP) is 4.73. The number of H-pyrrole nitrogens is 1. The third-order valence-corrected chi connectivity index (χ3v) is 5.25. The van der Waals surface area contributed by atoms with Crippen LogP contribution in [0.1, 0.15) is 30.4 Å². The first-order chi connectivity index (χ1) is 13.9. The van der Waals surface area contributed by atoms with Crippen molar-refractivity contribution < 1.29 is 4.42 Å². The highest BCUT2D eigenvalue weighted by Gasteiger charge is 2.21. The molecule has 6 nitrogen and oxygen atoms in total. The summed E-state index contributed by atoms with van der Waals surface area (Å²) in [6.07, 6.45) is 0. The van der Waals surface area contributed by atoms with Crippen molar-refractivity contribution in [2.75, 3.05) is 7.05 Å². The van der Waals surface area contributed by atoms with Gasteiger partial charge >= 0.3 is 0 Å². The Kier molecular flexibility index (Phi) is 5.22.